The Hall–Kier alpha value is -7.16. The summed E-state index contributed by atoms with van der Waals surface area (Å²) in [7, 11) is 0. The molecule has 0 radical (unpaired) electrons. The van der Waals surface area contributed by atoms with E-state index in [1.165, 1.54) is 65.3 Å². The van der Waals surface area contributed by atoms with Crippen molar-refractivity contribution in [2.75, 3.05) is 0 Å². The van der Waals surface area contributed by atoms with Gasteiger partial charge in [-0.2, -0.15) is 0 Å². The number of rotatable bonds is 3. The van der Waals surface area contributed by atoms with Gasteiger partial charge in [-0.15, -0.1) is 0 Å². The van der Waals surface area contributed by atoms with Crippen molar-refractivity contribution >= 4 is 87.0 Å². The molecule has 0 N–H and O–H groups in total. The van der Waals surface area contributed by atoms with Crippen molar-refractivity contribution in [1.29, 1.82) is 0 Å². The van der Waals surface area contributed by atoms with Crippen molar-refractivity contribution in [1.82, 2.24) is 0 Å². The fourth-order valence-electron chi connectivity index (χ4n) is 9.08. The Bertz CT molecular complexity index is 3430. The standard InChI is InChI=1S/C52H30O2/c1-2-12-36-32(10-1)11-9-18-37(36)50-40-15-5-3-13-38(40)48(39-14-4-6-16-41(39)50)33-22-20-31(21-23-33)35-24-27-43-47(30-35)54-46-29-26-34-25-28-45-51(49(34)52(43)46)42-17-7-8-19-44(42)53-45/h1-30H. The van der Waals surface area contributed by atoms with Gasteiger partial charge < -0.3 is 8.83 Å². The van der Waals surface area contributed by atoms with E-state index in [9.17, 15) is 0 Å². The van der Waals surface area contributed by atoms with Crippen LogP contribution in [0, 0.1) is 0 Å². The Morgan fingerprint density at radius 1 is 0.259 bits per heavy atom. The summed E-state index contributed by atoms with van der Waals surface area (Å²) in [6, 6.07) is 65.6. The molecule has 2 heterocycles. The van der Waals surface area contributed by atoms with Crippen molar-refractivity contribution in [3.05, 3.63) is 182 Å². The lowest BCUT2D eigenvalue weighted by molar-refractivity contribution is 0.669. The van der Waals surface area contributed by atoms with Gasteiger partial charge in [0.1, 0.15) is 22.3 Å². The first kappa shape index (κ1) is 29.4. The average Bonchev–Trinajstić information content (AvgIpc) is 3.81. The predicted molar refractivity (Wildman–Crippen MR) is 227 cm³/mol. The number of para-hydroxylation sites is 1. The summed E-state index contributed by atoms with van der Waals surface area (Å²) < 4.78 is 12.9. The molecule has 0 saturated carbocycles. The maximum Gasteiger partial charge on any atom is 0.136 e. The maximum absolute atomic E-state index is 6.59. The highest BCUT2D eigenvalue weighted by Gasteiger charge is 2.19. The summed E-state index contributed by atoms with van der Waals surface area (Å²) in [6.07, 6.45) is 0. The van der Waals surface area contributed by atoms with Crippen LogP contribution in [-0.4, -0.2) is 0 Å². The minimum Gasteiger partial charge on any atom is -0.456 e. The van der Waals surface area contributed by atoms with Crippen LogP contribution in [0.4, 0.5) is 0 Å². The van der Waals surface area contributed by atoms with Crippen molar-refractivity contribution in [3.8, 4) is 33.4 Å². The quantitative estimate of drug-likeness (QED) is 0.173. The lowest BCUT2D eigenvalue weighted by Gasteiger charge is -2.19. The summed E-state index contributed by atoms with van der Waals surface area (Å²) in [4.78, 5) is 0. The summed E-state index contributed by atoms with van der Waals surface area (Å²) >= 11 is 0. The SMILES string of the molecule is c1ccc2c(-c3c4ccccc4c(-c4ccc(-c5ccc6c(c5)oc5ccc7ccc8oc9ccccc9c8c7c56)cc4)c4ccccc34)cccc2c1. The predicted octanol–water partition coefficient (Wildman–Crippen LogP) is 15.1. The van der Waals surface area contributed by atoms with Crippen LogP contribution in [0.3, 0.4) is 0 Å². The third-order valence-electron chi connectivity index (χ3n) is 11.5. The Morgan fingerprint density at radius 2 is 0.778 bits per heavy atom. The van der Waals surface area contributed by atoms with E-state index >= 15 is 0 Å². The van der Waals surface area contributed by atoms with Gasteiger partial charge in [0.2, 0.25) is 0 Å². The Balaban J connectivity index is 1.01. The van der Waals surface area contributed by atoms with Crippen molar-refractivity contribution in [3.63, 3.8) is 0 Å². The molecule has 2 aromatic heterocycles. The molecule has 0 atom stereocenters. The summed E-state index contributed by atoms with van der Waals surface area (Å²) in [6.45, 7) is 0. The first-order valence-corrected chi connectivity index (χ1v) is 18.5. The fraction of sp³-hybridized carbons (Fsp3) is 0. The maximum atomic E-state index is 6.59. The van der Waals surface area contributed by atoms with Crippen molar-refractivity contribution in [2.24, 2.45) is 0 Å². The van der Waals surface area contributed by atoms with Crippen LogP contribution in [0.15, 0.2) is 191 Å². The first-order valence-electron chi connectivity index (χ1n) is 18.5. The topological polar surface area (TPSA) is 26.3 Å². The molecule has 250 valence electrons. The second-order valence-electron chi connectivity index (χ2n) is 14.3. The van der Waals surface area contributed by atoms with Gasteiger partial charge >= 0.3 is 0 Å². The molecule has 2 nitrogen and oxygen atoms in total. The zero-order valence-corrected chi connectivity index (χ0v) is 29.1. The molecule has 0 aliphatic heterocycles. The van der Waals surface area contributed by atoms with Crippen LogP contribution in [0.2, 0.25) is 0 Å². The number of hydrogen-bond donors (Lipinski definition) is 0. The first-order chi connectivity index (χ1) is 26.8. The van der Waals surface area contributed by atoms with Gasteiger partial charge in [0.05, 0.1) is 0 Å². The van der Waals surface area contributed by atoms with E-state index in [2.05, 4.69) is 170 Å². The van der Waals surface area contributed by atoms with Gasteiger partial charge in [0, 0.05) is 26.9 Å². The molecule has 54 heavy (non-hydrogen) atoms. The summed E-state index contributed by atoms with van der Waals surface area (Å²) in [5, 5.41) is 14.4. The minimum atomic E-state index is 0.880. The molecule has 0 spiro atoms. The van der Waals surface area contributed by atoms with Crippen LogP contribution in [0.25, 0.3) is 120 Å². The molecule has 12 rings (SSSR count). The van der Waals surface area contributed by atoms with Crippen molar-refractivity contribution < 1.29 is 8.83 Å². The monoisotopic (exact) mass is 686 g/mol. The lowest BCUT2D eigenvalue weighted by atomic mass is 9.84. The molecule has 2 heteroatoms. The van der Waals surface area contributed by atoms with E-state index in [0.717, 1.165) is 55.0 Å². The summed E-state index contributed by atoms with van der Waals surface area (Å²) in [5.74, 6) is 0. The minimum absolute atomic E-state index is 0.880. The molecule has 0 aliphatic rings. The lowest BCUT2D eigenvalue weighted by Crippen LogP contribution is -1.91. The molecule has 0 aliphatic carbocycles. The fourth-order valence-corrected chi connectivity index (χ4v) is 9.08. The van der Waals surface area contributed by atoms with E-state index < -0.39 is 0 Å². The number of benzene rings is 10. The van der Waals surface area contributed by atoms with Crippen LogP contribution >= 0.6 is 0 Å². The highest BCUT2D eigenvalue weighted by atomic mass is 16.3. The normalized spacial score (nSPS) is 12.1. The molecule has 0 fully saturated rings. The molecule has 0 bridgehead atoms. The third-order valence-corrected chi connectivity index (χ3v) is 11.5. The second kappa shape index (κ2) is 11.2. The van der Waals surface area contributed by atoms with E-state index in [1.807, 2.05) is 12.1 Å². The zero-order chi connectivity index (χ0) is 35.3. The van der Waals surface area contributed by atoms with E-state index in [1.54, 1.807) is 0 Å². The number of hydrogen-bond acceptors (Lipinski definition) is 2. The molecule has 0 amide bonds. The largest absolute Gasteiger partial charge is 0.456 e. The van der Waals surface area contributed by atoms with Gasteiger partial charge in [-0.3, -0.25) is 0 Å². The second-order valence-corrected chi connectivity index (χ2v) is 14.3. The third kappa shape index (κ3) is 4.17. The zero-order valence-electron chi connectivity index (χ0n) is 29.1. The van der Waals surface area contributed by atoms with E-state index in [-0.39, 0.29) is 0 Å². The highest BCUT2D eigenvalue weighted by molar-refractivity contribution is 6.31. The molecule has 10 aromatic carbocycles. The Morgan fingerprint density at radius 3 is 1.48 bits per heavy atom. The number of furan rings is 2. The molecular formula is C52H30O2. The van der Waals surface area contributed by atoms with Crippen LogP contribution in [-0.2, 0) is 0 Å². The molecule has 0 unspecified atom stereocenters. The molecular weight excluding hydrogens is 657 g/mol. The van der Waals surface area contributed by atoms with Gasteiger partial charge in [-0.25, -0.2) is 0 Å². The van der Waals surface area contributed by atoms with Gasteiger partial charge in [-0.05, 0) is 101 Å². The van der Waals surface area contributed by atoms with Gasteiger partial charge in [0.25, 0.3) is 0 Å². The van der Waals surface area contributed by atoms with Crippen LogP contribution in [0.1, 0.15) is 0 Å². The van der Waals surface area contributed by atoms with Gasteiger partial charge in [-0.1, -0.05) is 152 Å². The van der Waals surface area contributed by atoms with Crippen molar-refractivity contribution in [2.45, 2.75) is 0 Å². The van der Waals surface area contributed by atoms with Crippen LogP contribution in [0.5, 0.6) is 0 Å². The van der Waals surface area contributed by atoms with Gasteiger partial charge in [0.15, 0.2) is 0 Å². The smallest absolute Gasteiger partial charge is 0.136 e. The molecule has 0 saturated heterocycles. The van der Waals surface area contributed by atoms with E-state index in [4.69, 9.17) is 8.83 Å². The molecule has 12 aromatic rings. The number of fused-ring (bicyclic) bond motifs is 12. The van der Waals surface area contributed by atoms with E-state index in [0.29, 0.717) is 0 Å². The average molecular weight is 687 g/mol. The summed E-state index contributed by atoms with van der Waals surface area (Å²) in [5.41, 5.74) is 10.8. The Labute approximate surface area is 310 Å². The van der Waals surface area contributed by atoms with Crippen LogP contribution < -0.4 is 0 Å². The highest BCUT2D eigenvalue weighted by Crippen LogP contribution is 2.46. The Kier molecular flexibility index (Phi) is 6.09.